The van der Waals surface area contributed by atoms with Crippen molar-refractivity contribution in [2.24, 2.45) is 5.92 Å². The predicted octanol–water partition coefficient (Wildman–Crippen LogP) is 4.08. The van der Waals surface area contributed by atoms with Gasteiger partial charge in [0.05, 0.1) is 5.69 Å². The van der Waals surface area contributed by atoms with Crippen LogP contribution in [-0.2, 0) is 13.2 Å². The number of hydrogen-bond donors (Lipinski definition) is 1. The first-order chi connectivity index (χ1) is 10.1. The van der Waals surface area contributed by atoms with E-state index in [0.29, 0.717) is 12.5 Å². The monoisotopic (exact) mass is 304 g/mol. The van der Waals surface area contributed by atoms with E-state index in [0.717, 1.165) is 29.5 Å². The zero-order valence-corrected chi connectivity index (χ0v) is 14.1. The Morgan fingerprint density at radius 1 is 1.24 bits per heavy atom. The van der Waals surface area contributed by atoms with E-state index in [9.17, 15) is 0 Å². The molecule has 0 spiro atoms. The second kappa shape index (κ2) is 7.57. The number of aromatic nitrogens is 1. The van der Waals surface area contributed by atoms with E-state index in [-0.39, 0.29) is 0 Å². The van der Waals surface area contributed by atoms with Gasteiger partial charge in [0.25, 0.3) is 0 Å². The van der Waals surface area contributed by atoms with E-state index in [2.05, 4.69) is 43.2 Å². The van der Waals surface area contributed by atoms with Crippen LogP contribution < -0.4 is 10.1 Å². The zero-order valence-electron chi connectivity index (χ0n) is 13.3. The van der Waals surface area contributed by atoms with Crippen molar-refractivity contribution in [3.63, 3.8) is 0 Å². The van der Waals surface area contributed by atoms with E-state index < -0.39 is 0 Å². The molecule has 1 heterocycles. The molecule has 0 fully saturated rings. The highest BCUT2D eigenvalue weighted by atomic mass is 32.1. The maximum Gasteiger partial charge on any atom is 0.140 e. The molecule has 1 N–H and O–H groups in total. The van der Waals surface area contributed by atoms with Gasteiger partial charge in [-0.1, -0.05) is 32.0 Å². The minimum absolute atomic E-state index is 0.542. The van der Waals surface area contributed by atoms with Crippen LogP contribution in [0.5, 0.6) is 5.75 Å². The Labute approximate surface area is 131 Å². The summed E-state index contributed by atoms with van der Waals surface area (Å²) >= 11 is 1.71. The highest BCUT2D eigenvalue weighted by Crippen LogP contribution is 2.22. The van der Waals surface area contributed by atoms with Crippen molar-refractivity contribution in [2.45, 2.75) is 40.8 Å². The Hall–Kier alpha value is -1.39. The molecule has 0 saturated heterocycles. The Balaban J connectivity index is 1.96. The third-order valence-electron chi connectivity index (χ3n) is 3.26. The summed E-state index contributed by atoms with van der Waals surface area (Å²) in [6.07, 6.45) is 0. The standard InChI is InChI=1S/C17H24N2OS/c1-12(2)9-18-10-15-7-5-6-8-16(15)20-11-17-19-13(3)14(4)21-17/h5-8,12,18H,9-11H2,1-4H3. The van der Waals surface area contributed by atoms with Crippen LogP contribution in [0.3, 0.4) is 0 Å². The second-order valence-corrected chi connectivity index (χ2v) is 6.96. The molecule has 114 valence electrons. The third kappa shape index (κ3) is 4.83. The number of thiazole rings is 1. The van der Waals surface area contributed by atoms with Gasteiger partial charge < -0.3 is 10.1 Å². The van der Waals surface area contributed by atoms with E-state index in [1.165, 1.54) is 10.4 Å². The molecular weight excluding hydrogens is 280 g/mol. The molecule has 0 unspecified atom stereocenters. The molecule has 0 amide bonds. The van der Waals surface area contributed by atoms with E-state index in [1.807, 2.05) is 19.1 Å². The zero-order chi connectivity index (χ0) is 15.2. The lowest BCUT2D eigenvalue weighted by molar-refractivity contribution is 0.301. The van der Waals surface area contributed by atoms with Crippen molar-refractivity contribution in [3.05, 3.63) is 45.4 Å². The van der Waals surface area contributed by atoms with Gasteiger partial charge in [-0.3, -0.25) is 0 Å². The van der Waals surface area contributed by atoms with Gasteiger partial charge in [0, 0.05) is 17.0 Å². The van der Waals surface area contributed by atoms with Crippen LogP contribution in [0.2, 0.25) is 0 Å². The molecule has 2 rings (SSSR count). The smallest absolute Gasteiger partial charge is 0.140 e. The number of para-hydroxylation sites is 1. The normalized spacial score (nSPS) is 11.1. The molecule has 2 aromatic rings. The van der Waals surface area contributed by atoms with Gasteiger partial charge in [0.2, 0.25) is 0 Å². The van der Waals surface area contributed by atoms with Crippen molar-refractivity contribution in [2.75, 3.05) is 6.54 Å². The first-order valence-electron chi connectivity index (χ1n) is 7.40. The van der Waals surface area contributed by atoms with E-state index in [4.69, 9.17) is 4.74 Å². The molecule has 0 saturated carbocycles. The lowest BCUT2D eigenvalue weighted by atomic mass is 10.2. The SMILES string of the molecule is Cc1nc(COc2ccccc2CNCC(C)C)sc1C. The van der Waals surface area contributed by atoms with Gasteiger partial charge in [0.1, 0.15) is 17.4 Å². The van der Waals surface area contributed by atoms with Gasteiger partial charge in [-0.25, -0.2) is 4.98 Å². The minimum Gasteiger partial charge on any atom is -0.486 e. The van der Waals surface area contributed by atoms with Crippen molar-refractivity contribution < 1.29 is 4.74 Å². The molecule has 1 aromatic carbocycles. The number of ether oxygens (including phenoxy) is 1. The van der Waals surface area contributed by atoms with Crippen LogP contribution in [0.25, 0.3) is 0 Å². The number of hydrogen-bond acceptors (Lipinski definition) is 4. The van der Waals surface area contributed by atoms with Gasteiger partial charge in [-0.05, 0) is 32.4 Å². The number of nitrogens with zero attached hydrogens (tertiary/aromatic N) is 1. The average Bonchev–Trinajstić information content (AvgIpc) is 2.76. The summed E-state index contributed by atoms with van der Waals surface area (Å²) in [5, 5.41) is 4.50. The van der Waals surface area contributed by atoms with Crippen molar-refractivity contribution in [1.29, 1.82) is 0 Å². The Morgan fingerprint density at radius 3 is 2.67 bits per heavy atom. The molecule has 0 bridgehead atoms. The van der Waals surface area contributed by atoms with Gasteiger partial charge in [0.15, 0.2) is 0 Å². The lowest BCUT2D eigenvalue weighted by Crippen LogP contribution is -2.19. The van der Waals surface area contributed by atoms with Gasteiger partial charge >= 0.3 is 0 Å². The van der Waals surface area contributed by atoms with Crippen molar-refractivity contribution >= 4 is 11.3 Å². The molecular formula is C17H24N2OS. The fourth-order valence-electron chi connectivity index (χ4n) is 2.03. The fourth-order valence-corrected chi connectivity index (χ4v) is 2.87. The van der Waals surface area contributed by atoms with Gasteiger partial charge in [-0.15, -0.1) is 11.3 Å². The van der Waals surface area contributed by atoms with Crippen molar-refractivity contribution in [1.82, 2.24) is 10.3 Å². The summed E-state index contributed by atoms with van der Waals surface area (Å²) in [4.78, 5) is 5.78. The number of nitrogens with one attached hydrogen (secondary N) is 1. The molecule has 3 nitrogen and oxygen atoms in total. The Morgan fingerprint density at radius 2 is 2.00 bits per heavy atom. The van der Waals surface area contributed by atoms with Crippen LogP contribution in [0.4, 0.5) is 0 Å². The third-order valence-corrected chi connectivity index (χ3v) is 4.31. The van der Waals surface area contributed by atoms with Crippen LogP contribution >= 0.6 is 11.3 Å². The molecule has 0 aliphatic carbocycles. The molecule has 0 aliphatic heterocycles. The fraction of sp³-hybridized carbons (Fsp3) is 0.471. The van der Waals surface area contributed by atoms with Crippen LogP contribution in [0.1, 0.15) is 35.0 Å². The maximum atomic E-state index is 5.96. The molecule has 0 aliphatic rings. The van der Waals surface area contributed by atoms with E-state index in [1.54, 1.807) is 11.3 Å². The molecule has 21 heavy (non-hydrogen) atoms. The molecule has 1 aromatic heterocycles. The highest BCUT2D eigenvalue weighted by molar-refractivity contribution is 7.11. The Bertz CT molecular complexity index is 558. The first kappa shape index (κ1) is 16.0. The van der Waals surface area contributed by atoms with Crippen LogP contribution in [-0.4, -0.2) is 11.5 Å². The summed E-state index contributed by atoms with van der Waals surface area (Å²) in [6, 6.07) is 8.21. The summed E-state index contributed by atoms with van der Waals surface area (Å²) < 4.78 is 5.96. The summed E-state index contributed by atoms with van der Waals surface area (Å²) in [5.41, 5.74) is 2.30. The van der Waals surface area contributed by atoms with Crippen LogP contribution in [0, 0.1) is 19.8 Å². The van der Waals surface area contributed by atoms with Crippen molar-refractivity contribution in [3.8, 4) is 5.75 Å². The van der Waals surface area contributed by atoms with Crippen LogP contribution in [0.15, 0.2) is 24.3 Å². The summed E-state index contributed by atoms with van der Waals surface area (Å²) in [6.45, 7) is 11.0. The average molecular weight is 304 g/mol. The van der Waals surface area contributed by atoms with Gasteiger partial charge in [-0.2, -0.15) is 0 Å². The Kier molecular flexibility index (Phi) is 5.76. The summed E-state index contributed by atoms with van der Waals surface area (Å²) in [7, 11) is 0. The van der Waals surface area contributed by atoms with E-state index >= 15 is 0 Å². The molecule has 0 atom stereocenters. The lowest BCUT2D eigenvalue weighted by Gasteiger charge is -2.12. The first-order valence-corrected chi connectivity index (χ1v) is 8.22. The molecule has 4 heteroatoms. The number of benzene rings is 1. The quantitative estimate of drug-likeness (QED) is 0.837. The number of rotatable bonds is 7. The molecule has 0 radical (unpaired) electrons. The number of aryl methyl sites for hydroxylation is 2. The largest absolute Gasteiger partial charge is 0.486 e. The summed E-state index contributed by atoms with van der Waals surface area (Å²) in [5.74, 6) is 1.60. The maximum absolute atomic E-state index is 5.96. The minimum atomic E-state index is 0.542. The topological polar surface area (TPSA) is 34.1 Å². The predicted molar refractivity (Wildman–Crippen MR) is 88.9 cm³/mol. The highest BCUT2D eigenvalue weighted by Gasteiger charge is 2.07. The second-order valence-electron chi connectivity index (χ2n) is 5.67.